The molecule has 0 aromatic heterocycles. The summed E-state index contributed by atoms with van der Waals surface area (Å²) >= 11 is 0. The van der Waals surface area contributed by atoms with Crippen molar-refractivity contribution in [2.24, 2.45) is 11.8 Å². The highest BCUT2D eigenvalue weighted by Crippen LogP contribution is 2.26. The van der Waals surface area contributed by atoms with Crippen LogP contribution in [0.2, 0.25) is 0 Å². The molecule has 0 aromatic rings. The third-order valence-electron chi connectivity index (χ3n) is 3.25. The Labute approximate surface area is 96.4 Å². The van der Waals surface area contributed by atoms with E-state index in [1.807, 2.05) is 0 Å². The average Bonchev–Trinajstić information content (AvgIpc) is 2.69. The molecule has 0 aliphatic heterocycles. The average molecular weight is 227 g/mol. The molecule has 0 heterocycles. The van der Waals surface area contributed by atoms with E-state index >= 15 is 0 Å². The molecule has 0 saturated heterocycles. The van der Waals surface area contributed by atoms with Crippen LogP contribution in [-0.4, -0.2) is 23.5 Å². The zero-order valence-corrected chi connectivity index (χ0v) is 9.87. The van der Waals surface area contributed by atoms with Crippen molar-refractivity contribution in [1.82, 2.24) is 5.32 Å². The lowest BCUT2D eigenvalue weighted by atomic mass is 10.0. The van der Waals surface area contributed by atoms with E-state index in [9.17, 15) is 9.59 Å². The van der Waals surface area contributed by atoms with Gasteiger partial charge in [-0.1, -0.05) is 32.6 Å². The van der Waals surface area contributed by atoms with Crippen molar-refractivity contribution in [2.45, 2.75) is 45.4 Å². The van der Waals surface area contributed by atoms with E-state index in [0.29, 0.717) is 6.54 Å². The van der Waals surface area contributed by atoms with Gasteiger partial charge in [-0.25, -0.2) is 0 Å². The first kappa shape index (κ1) is 13.0. The first-order valence-electron chi connectivity index (χ1n) is 6.09. The number of hydrogen-bond acceptors (Lipinski definition) is 2. The molecular formula is C12H21NO3. The highest BCUT2D eigenvalue weighted by molar-refractivity contribution is 5.82. The van der Waals surface area contributed by atoms with Gasteiger partial charge in [0.2, 0.25) is 5.91 Å². The fourth-order valence-corrected chi connectivity index (χ4v) is 2.23. The summed E-state index contributed by atoms with van der Waals surface area (Å²) in [6.45, 7) is 2.34. The van der Waals surface area contributed by atoms with E-state index in [-0.39, 0.29) is 12.3 Å². The molecule has 1 rings (SSSR count). The second-order valence-electron chi connectivity index (χ2n) is 4.73. The van der Waals surface area contributed by atoms with Crippen LogP contribution in [0.5, 0.6) is 0 Å². The molecule has 0 radical (unpaired) electrons. The van der Waals surface area contributed by atoms with E-state index in [1.54, 1.807) is 6.92 Å². The fourth-order valence-electron chi connectivity index (χ4n) is 2.23. The minimum atomic E-state index is -0.918. The minimum Gasteiger partial charge on any atom is -0.481 e. The van der Waals surface area contributed by atoms with Crippen molar-refractivity contribution >= 4 is 11.9 Å². The zero-order chi connectivity index (χ0) is 12.0. The first-order valence-corrected chi connectivity index (χ1v) is 6.09. The number of rotatable bonds is 6. The van der Waals surface area contributed by atoms with Crippen molar-refractivity contribution in [3.8, 4) is 0 Å². The van der Waals surface area contributed by atoms with Crippen molar-refractivity contribution in [1.29, 1.82) is 0 Å². The SMILES string of the molecule is CC(CC(=O)O)C(=O)NCCC1CCCC1. The van der Waals surface area contributed by atoms with E-state index in [1.165, 1.54) is 25.7 Å². The van der Waals surface area contributed by atoms with Crippen LogP contribution < -0.4 is 5.32 Å². The van der Waals surface area contributed by atoms with Gasteiger partial charge in [-0.2, -0.15) is 0 Å². The van der Waals surface area contributed by atoms with Crippen LogP contribution in [0, 0.1) is 11.8 Å². The van der Waals surface area contributed by atoms with Gasteiger partial charge in [0.1, 0.15) is 0 Å². The number of hydrogen-bond donors (Lipinski definition) is 2. The standard InChI is InChI=1S/C12H21NO3/c1-9(8-11(14)15)12(16)13-7-6-10-4-2-3-5-10/h9-10H,2-8H2,1H3,(H,13,16)(H,14,15). The number of nitrogens with one attached hydrogen (secondary N) is 1. The van der Waals surface area contributed by atoms with Gasteiger partial charge in [-0.15, -0.1) is 0 Å². The molecule has 1 saturated carbocycles. The Morgan fingerprint density at radius 2 is 2.00 bits per heavy atom. The summed E-state index contributed by atoms with van der Waals surface area (Å²) in [7, 11) is 0. The predicted molar refractivity (Wildman–Crippen MR) is 61.0 cm³/mol. The van der Waals surface area contributed by atoms with Crippen LogP contribution in [0.15, 0.2) is 0 Å². The van der Waals surface area contributed by atoms with Crippen LogP contribution >= 0.6 is 0 Å². The quantitative estimate of drug-likeness (QED) is 0.727. The molecule has 1 unspecified atom stereocenters. The maximum Gasteiger partial charge on any atom is 0.304 e. The molecule has 1 aliphatic carbocycles. The summed E-state index contributed by atoms with van der Waals surface area (Å²) in [5, 5.41) is 11.4. The van der Waals surface area contributed by atoms with E-state index in [0.717, 1.165) is 12.3 Å². The summed E-state index contributed by atoms with van der Waals surface area (Å²) in [4.78, 5) is 21.9. The van der Waals surface area contributed by atoms with Gasteiger partial charge in [0.15, 0.2) is 0 Å². The molecule has 1 aliphatic rings. The lowest BCUT2D eigenvalue weighted by molar-refractivity contribution is -0.140. The fraction of sp³-hybridized carbons (Fsp3) is 0.833. The Balaban J connectivity index is 2.11. The summed E-state index contributed by atoms with van der Waals surface area (Å²) in [5.41, 5.74) is 0. The molecule has 16 heavy (non-hydrogen) atoms. The zero-order valence-electron chi connectivity index (χ0n) is 9.87. The molecular weight excluding hydrogens is 206 g/mol. The Kier molecular flexibility index (Phi) is 5.29. The summed E-state index contributed by atoms with van der Waals surface area (Å²) in [6.07, 6.45) is 6.13. The van der Waals surface area contributed by atoms with E-state index in [4.69, 9.17) is 5.11 Å². The van der Waals surface area contributed by atoms with Crippen molar-refractivity contribution in [3.05, 3.63) is 0 Å². The third kappa shape index (κ3) is 4.64. The molecule has 92 valence electrons. The summed E-state index contributed by atoms with van der Waals surface area (Å²) in [6, 6.07) is 0. The van der Waals surface area contributed by atoms with Crippen molar-refractivity contribution < 1.29 is 14.7 Å². The monoisotopic (exact) mass is 227 g/mol. The molecule has 1 fully saturated rings. The molecule has 0 aromatic carbocycles. The Morgan fingerprint density at radius 1 is 1.38 bits per heavy atom. The maximum absolute atomic E-state index is 11.5. The highest BCUT2D eigenvalue weighted by atomic mass is 16.4. The van der Waals surface area contributed by atoms with Gasteiger partial charge >= 0.3 is 5.97 Å². The van der Waals surface area contributed by atoms with Gasteiger partial charge in [0.05, 0.1) is 6.42 Å². The van der Waals surface area contributed by atoms with Gasteiger partial charge in [0, 0.05) is 12.5 Å². The number of carbonyl (C=O) groups is 2. The van der Waals surface area contributed by atoms with E-state index in [2.05, 4.69) is 5.32 Å². The van der Waals surface area contributed by atoms with Gasteiger partial charge in [-0.05, 0) is 12.3 Å². The smallest absolute Gasteiger partial charge is 0.304 e. The number of carbonyl (C=O) groups excluding carboxylic acids is 1. The molecule has 4 heteroatoms. The predicted octanol–water partition coefficient (Wildman–Crippen LogP) is 1.79. The lowest BCUT2D eigenvalue weighted by Gasteiger charge is -2.12. The Morgan fingerprint density at radius 3 is 2.56 bits per heavy atom. The van der Waals surface area contributed by atoms with Crippen molar-refractivity contribution in [3.63, 3.8) is 0 Å². The van der Waals surface area contributed by atoms with Gasteiger partial charge in [-0.3, -0.25) is 9.59 Å². The second-order valence-corrected chi connectivity index (χ2v) is 4.73. The third-order valence-corrected chi connectivity index (χ3v) is 3.25. The maximum atomic E-state index is 11.5. The van der Waals surface area contributed by atoms with Crippen LogP contribution in [0.4, 0.5) is 0 Å². The summed E-state index contributed by atoms with van der Waals surface area (Å²) in [5.74, 6) is -0.727. The highest BCUT2D eigenvalue weighted by Gasteiger charge is 2.18. The number of carboxylic acid groups (broad SMARTS) is 1. The first-order chi connectivity index (χ1) is 7.59. The van der Waals surface area contributed by atoms with Crippen LogP contribution in [0.1, 0.15) is 45.4 Å². The summed E-state index contributed by atoms with van der Waals surface area (Å²) < 4.78 is 0. The Bertz CT molecular complexity index is 247. The topological polar surface area (TPSA) is 66.4 Å². The number of aliphatic carboxylic acids is 1. The Hall–Kier alpha value is -1.06. The molecule has 1 atom stereocenters. The molecule has 2 N–H and O–H groups in total. The van der Waals surface area contributed by atoms with Gasteiger partial charge < -0.3 is 10.4 Å². The lowest BCUT2D eigenvalue weighted by Crippen LogP contribution is -2.31. The number of amides is 1. The van der Waals surface area contributed by atoms with Gasteiger partial charge in [0.25, 0.3) is 0 Å². The molecule has 0 bridgehead atoms. The minimum absolute atomic E-state index is 0.0880. The van der Waals surface area contributed by atoms with Crippen LogP contribution in [0.3, 0.4) is 0 Å². The molecule has 4 nitrogen and oxygen atoms in total. The van der Waals surface area contributed by atoms with E-state index < -0.39 is 11.9 Å². The normalized spacial score (nSPS) is 18.3. The van der Waals surface area contributed by atoms with Crippen molar-refractivity contribution in [2.75, 3.05) is 6.54 Å². The number of carboxylic acids is 1. The largest absolute Gasteiger partial charge is 0.481 e. The van der Waals surface area contributed by atoms with Crippen LogP contribution in [0.25, 0.3) is 0 Å². The molecule has 1 amide bonds. The van der Waals surface area contributed by atoms with Crippen LogP contribution in [-0.2, 0) is 9.59 Å². The second kappa shape index (κ2) is 6.51. The molecule has 0 spiro atoms.